The van der Waals surface area contributed by atoms with E-state index in [9.17, 15) is 24.8 Å². The van der Waals surface area contributed by atoms with Gasteiger partial charge in [-0.25, -0.2) is 24.1 Å². The minimum Gasteiger partial charge on any atom is -0.506 e. The molecule has 6 aromatic rings. The number of anilines is 2. The molecular weight excluding hydrogens is 987 g/mol. The lowest BCUT2D eigenvalue weighted by atomic mass is 9.80. The summed E-state index contributed by atoms with van der Waals surface area (Å²) in [6, 6.07) is 16.4. The number of fused-ring (bicyclic) bond motifs is 2. The zero-order valence-corrected chi connectivity index (χ0v) is 43.9. The van der Waals surface area contributed by atoms with Crippen LogP contribution >= 0.6 is 15.9 Å². The number of imidazole rings is 1. The molecule has 0 saturated carbocycles. The number of H-pyrrole nitrogens is 1. The number of aromatic nitrogens is 6. The molecule has 0 bridgehead atoms. The highest BCUT2D eigenvalue weighted by Crippen LogP contribution is 2.36. The minimum atomic E-state index is -0.513. The summed E-state index contributed by atoms with van der Waals surface area (Å²) < 4.78 is 26.9. The number of hydrogen-bond donors (Lipinski definition) is 2. The summed E-state index contributed by atoms with van der Waals surface area (Å²) in [5, 5.41) is 31.2. The molecule has 0 aliphatic carbocycles. The van der Waals surface area contributed by atoms with E-state index in [4.69, 9.17) is 24.0 Å². The molecule has 9 heterocycles. The first-order valence-corrected chi connectivity index (χ1v) is 24.3. The number of aromatic amines is 1. The molecule has 378 valence electrons. The topological polar surface area (TPSA) is 232 Å². The molecule has 2 N–H and O–H groups in total. The molecule has 6 aromatic heterocycles. The molecule has 3 fully saturated rings. The van der Waals surface area contributed by atoms with E-state index < -0.39 is 18.3 Å². The van der Waals surface area contributed by atoms with E-state index in [0.29, 0.717) is 71.9 Å². The standard InChI is InChI=1S/C22H24N6O3.C20H32BN3O4.C8H4BrN3O/c1-22(2,3)31-21(30)27-8-6-26(7-9-27)19-5-4-15(13-24-19)18-10-17(29)11-20-25-14-16(12-23)28(18)20;1-18(2,3)26-17(25)24-12-10-23(11-13-24)16-9-8-15(14-22-16)21-27-19(4,5)20(6,7)28-21;9-7-1-6(13)4-12-8(7)5(2-10)3-11-12/h4-5,10-11,13-14,25H,6-9H2,1-3H3;8-9,14H,10-13H2,1-7H3;1,3-4,13H. The molecule has 3 aliphatic heterocycles. The number of ether oxygens (including phenoxy) is 2. The molecule has 0 atom stereocenters. The molecule has 72 heavy (non-hydrogen) atoms. The molecule has 9 rings (SSSR count). The van der Waals surface area contributed by atoms with Crippen LogP contribution in [0.3, 0.4) is 0 Å². The molecule has 20 nitrogen and oxygen atoms in total. The Morgan fingerprint density at radius 1 is 0.778 bits per heavy atom. The summed E-state index contributed by atoms with van der Waals surface area (Å²) in [5.74, 6) is 1.79. The molecular formula is C50H60BBrN12O8. The maximum absolute atomic E-state index is 12.2. The average Bonchev–Trinajstić information content (AvgIpc) is 4.00. The first kappa shape index (κ1) is 52.7. The highest BCUT2D eigenvalue weighted by molar-refractivity contribution is 9.10. The highest BCUT2D eigenvalue weighted by atomic mass is 79.9. The number of nitrogens with zero attached hydrogens (tertiary/aromatic N) is 11. The van der Waals surface area contributed by atoms with Crippen LogP contribution in [-0.4, -0.2) is 138 Å². The Kier molecular flexibility index (Phi) is 15.3. The zero-order valence-electron chi connectivity index (χ0n) is 42.3. The molecule has 0 radical (unpaired) electrons. The van der Waals surface area contributed by atoms with E-state index in [1.165, 1.54) is 35.1 Å². The van der Waals surface area contributed by atoms with Crippen LogP contribution in [0.2, 0.25) is 0 Å². The fraction of sp³-hybridized carbons (Fsp3) is 0.440. The predicted octanol–water partition coefficient (Wildman–Crippen LogP) is 6.73. The molecule has 0 spiro atoms. The summed E-state index contributed by atoms with van der Waals surface area (Å²) in [4.78, 5) is 56.4. The van der Waals surface area contributed by atoms with E-state index in [0.717, 1.165) is 35.8 Å². The van der Waals surface area contributed by atoms with Gasteiger partial charge in [0.05, 0.1) is 40.4 Å². The Morgan fingerprint density at radius 2 is 1.32 bits per heavy atom. The number of halogens is 1. The number of carbonyl (C=O) groups is 2. The number of nitrogens with one attached hydrogen (secondary N) is 1. The van der Waals surface area contributed by atoms with Gasteiger partial charge < -0.3 is 48.5 Å². The first-order valence-electron chi connectivity index (χ1n) is 23.5. The summed E-state index contributed by atoms with van der Waals surface area (Å²) in [6.45, 7) is 24.5. The molecule has 2 amide bonds. The second-order valence-electron chi connectivity index (χ2n) is 20.4. The Hall–Kier alpha value is -7.14. The van der Waals surface area contributed by atoms with Gasteiger partial charge in [-0.05, 0) is 109 Å². The minimum absolute atomic E-state index is 0.104. The van der Waals surface area contributed by atoms with Crippen LogP contribution in [-0.2, 0) is 18.8 Å². The summed E-state index contributed by atoms with van der Waals surface area (Å²) >= 11 is 3.25. The van der Waals surface area contributed by atoms with Gasteiger partial charge in [0.15, 0.2) is 5.43 Å². The van der Waals surface area contributed by atoms with Crippen molar-refractivity contribution >= 4 is 63.5 Å². The molecule has 3 aliphatic rings. The number of piperazine rings is 2. The molecule has 22 heteroatoms. The number of hydrogen-bond acceptors (Lipinski definition) is 15. The summed E-state index contributed by atoms with van der Waals surface area (Å²) in [5.41, 5.74) is 2.50. The van der Waals surface area contributed by atoms with Crippen LogP contribution in [0.4, 0.5) is 21.2 Å². The smallest absolute Gasteiger partial charge is 0.496 e. The number of amides is 2. The second kappa shape index (κ2) is 20.9. The fourth-order valence-electron chi connectivity index (χ4n) is 7.90. The van der Waals surface area contributed by atoms with Gasteiger partial charge in [0.2, 0.25) is 0 Å². The number of rotatable bonds is 4. The Bertz CT molecular complexity index is 3040. The van der Waals surface area contributed by atoms with Gasteiger partial charge in [-0.1, -0.05) is 6.07 Å². The second-order valence-corrected chi connectivity index (χ2v) is 21.3. The molecule has 0 unspecified atom stereocenters. The van der Waals surface area contributed by atoms with Crippen molar-refractivity contribution in [1.82, 2.24) is 38.8 Å². The number of pyridine rings is 4. The van der Waals surface area contributed by atoms with Gasteiger partial charge in [0, 0.05) is 98.6 Å². The first-order chi connectivity index (χ1) is 33.8. The van der Waals surface area contributed by atoms with Crippen LogP contribution in [0, 0.1) is 22.7 Å². The van der Waals surface area contributed by atoms with Gasteiger partial charge in [-0.2, -0.15) is 15.6 Å². The zero-order chi connectivity index (χ0) is 52.3. The van der Waals surface area contributed by atoms with E-state index in [2.05, 4.69) is 51.8 Å². The third-order valence-corrected chi connectivity index (χ3v) is 12.9. The van der Waals surface area contributed by atoms with Crippen LogP contribution in [0.1, 0.15) is 80.5 Å². The van der Waals surface area contributed by atoms with Gasteiger partial charge in [0.1, 0.15) is 52.1 Å². The van der Waals surface area contributed by atoms with Gasteiger partial charge >= 0.3 is 19.3 Å². The van der Waals surface area contributed by atoms with Crippen LogP contribution in [0.25, 0.3) is 22.4 Å². The van der Waals surface area contributed by atoms with Gasteiger partial charge in [-0.15, -0.1) is 0 Å². The average molecular weight is 1050 g/mol. The van der Waals surface area contributed by atoms with Crippen molar-refractivity contribution in [2.24, 2.45) is 0 Å². The molecule has 0 aromatic carbocycles. The van der Waals surface area contributed by atoms with E-state index in [1.807, 2.05) is 106 Å². The Labute approximate surface area is 426 Å². The number of carbonyl (C=O) groups excluding carboxylic acids is 2. The lowest BCUT2D eigenvalue weighted by molar-refractivity contribution is 0.00578. The number of nitriles is 2. The van der Waals surface area contributed by atoms with Crippen molar-refractivity contribution in [3.63, 3.8) is 0 Å². The third-order valence-electron chi connectivity index (χ3n) is 12.3. The normalized spacial score (nSPS) is 16.5. The lowest BCUT2D eigenvalue weighted by Gasteiger charge is -2.36. The fourth-order valence-corrected chi connectivity index (χ4v) is 8.52. The van der Waals surface area contributed by atoms with Crippen molar-refractivity contribution in [3.8, 4) is 29.1 Å². The van der Waals surface area contributed by atoms with Crippen LogP contribution in [0.15, 0.2) is 82.7 Å². The summed E-state index contributed by atoms with van der Waals surface area (Å²) in [6.07, 6.45) is 7.44. The Morgan fingerprint density at radius 3 is 1.79 bits per heavy atom. The highest BCUT2D eigenvalue weighted by Gasteiger charge is 2.52. The quantitative estimate of drug-likeness (QED) is 0.174. The maximum atomic E-state index is 12.2. The largest absolute Gasteiger partial charge is 0.506 e. The van der Waals surface area contributed by atoms with Crippen LogP contribution in [0.5, 0.6) is 5.75 Å². The molecule has 3 saturated heterocycles. The van der Waals surface area contributed by atoms with Crippen molar-refractivity contribution in [2.75, 3.05) is 62.2 Å². The van der Waals surface area contributed by atoms with Gasteiger partial charge in [-0.3, -0.25) is 9.20 Å². The Balaban J connectivity index is 0.000000170. The van der Waals surface area contributed by atoms with Gasteiger partial charge in [0.25, 0.3) is 0 Å². The third kappa shape index (κ3) is 12.3. The maximum Gasteiger partial charge on any atom is 0.496 e. The monoisotopic (exact) mass is 1050 g/mol. The number of aromatic hydroxyl groups is 1. The lowest BCUT2D eigenvalue weighted by Crippen LogP contribution is -2.50. The van der Waals surface area contributed by atoms with E-state index >= 15 is 0 Å². The van der Waals surface area contributed by atoms with Crippen molar-refractivity contribution < 1.29 is 33.5 Å². The van der Waals surface area contributed by atoms with E-state index in [1.54, 1.807) is 26.6 Å². The van der Waals surface area contributed by atoms with Crippen molar-refractivity contribution in [3.05, 3.63) is 99.4 Å². The summed E-state index contributed by atoms with van der Waals surface area (Å²) in [7, 11) is -0.407. The van der Waals surface area contributed by atoms with Crippen molar-refractivity contribution in [1.29, 1.82) is 10.5 Å². The van der Waals surface area contributed by atoms with Crippen molar-refractivity contribution in [2.45, 2.75) is 91.6 Å². The SMILES string of the molecule is CC(C)(C)OC(=O)N1CCN(c2ccc(-c3cc(=O)cc4[nH]cc(C#N)n34)cn2)CC1.CC(C)(C)OC(=O)N1CCN(c2ccc(B3OC(C)(C)C(C)(C)O3)cn2)CC1.N#Cc1cnn2cc(O)cc(Br)c12. The van der Waals surface area contributed by atoms with Crippen LogP contribution < -0.4 is 20.7 Å². The van der Waals surface area contributed by atoms with E-state index in [-0.39, 0.29) is 34.6 Å². The predicted molar refractivity (Wildman–Crippen MR) is 275 cm³/mol.